The van der Waals surface area contributed by atoms with Gasteiger partial charge < -0.3 is 10.2 Å². The Hall–Kier alpha value is -3.72. The Labute approximate surface area is 220 Å². The number of thioether (sulfide) groups is 1. The molecule has 0 saturated heterocycles. The molecule has 1 unspecified atom stereocenters. The number of hydrogen-bond acceptors (Lipinski definition) is 5. The molecular weight excluding hydrogens is 493 g/mol. The van der Waals surface area contributed by atoms with Crippen LogP contribution < -0.4 is 5.32 Å². The number of carbonyl (C=O) groups is 2. The molecule has 0 spiro atoms. The average Bonchev–Trinajstić information content (AvgIpc) is 2.91. The zero-order valence-electron chi connectivity index (χ0n) is 20.6. The highest BCUT2D eigenvalue weighted by Gasteiger charge is 2.30. The molecule has 0 saturated carbocycles. The maximum absolute atomic E-state index is 13.5. The molecule has 3 aromatic carbocycles. The van der Waals surface area contributed by atoms with Crippen LogP contribution in [0.5, 0.6) is 0 Å². The zero-order valence-corrected chi connectivity index (χ0v) is 21.5. The second-order valence-electron chi connectivity index (χ2n) is 8.56. The molecule has 0 bridgehead atoms. The fraction of sp³-hybridized carbons (Fsp3) is 0.286. The number of nitrogens with zero attached hydrogens (tertiary/aromatic N) is 2. The largest absolute Gasteiger partial charge is 0.354 e. The summed E-state index contributed by atoms with van der Waals surface area (Å²) in [5, 5.41) is 13.8. The third-order valence-corrected chi connectivity index (χ3v) is 6.72. The Morgan fingerprint density at radius 1 is 0.973 bits per heavy atom. The van der Waals surface area contributed by atoms with Crippen LogP contribution in [0.25, 0.3) is 0 Å². The summed E-state index contributed by atoms with van der Waals surface area (Å²) >= 11 is 1.37. The van der Waals surface area contributed by atoms with E-state index in [0.29, 0.717) is 18.7 Å². The van der Waals surface area contributed by atoms with Crippen molar-refractivity contribution in [2.24, 2.45) is 0 Å². The van der Waals surface area contributed by atoms with E-state index >= 15 is 0 Å². The topological polar surface area (TPSA) is 92.6 Å². The molecule has 0 radical (unpaired) electrons. The van der Waals surface area contributed by atoms with Crippen LogP contribution in [0.15, 0.2) is 78.9 Å². The highest BCUT2D eigenvalue weighted by Crippen LogP contribution is 2.20. The molecule has 7 nitrogen and oxygen atoms in total. The number of nitro benzene ring substituents is 1. The number of carbonyl (C=O) groups excluding carboxylic acids is 2. The summed E-state index contributed by atoms with van der Waals surface area (Å²) < 4.78 is 13.5. The lowest BCUT2D eigenvalue weighted by Gasteiger charge is -2.31. The molecule has 3 aromatic rings. The first-order chi connectivity index (χ1) is 17.9. The van der Waals surface area contributed by atoms with Crippen molar-refractivity contribution in [2.75, 3.05) is 12.3 Å². The number of amides is 2. The molecule has 0 aliphatic rings. The van der Waals surface area contributed by atoms with Gasteiger partial charge in [-0.15, -0.1) is 11.8 Å². The second kappa shape index (κ2) is 14.1. The van der Waals surface area contributed by atoms with Crippen molar-refractivity contribution in [3.05, 3.63) is 111 Å². The monoisotopic (exact) mass is 523 g/mol. The molecule has 1 atom stereocenters. The van der Waals surface area contributed by atoms with Gasteiger partial charge in [0, 0.05) is 37.4 Å². The van der Waals surface area contributed by atoms with Gasteiger partial charge in [-0.05, 0) is 35.2 Å². The van der Waals surface area contributed by atoms with Gasteiger partial charge in [-0.1, -0.05) is 61.5 Å². The minimum absolute atomic E-state index is 0.0112. The van der Waals surface area contributed by atoms with Crippen LogP contribution in [0.3, 0.4) is 0 Å². The molecular formula is C28H30FN3O4S. The zero-order chi connectivity index (χ0) is 26.6. The van der Waals surface area contributed by atoms with Crippen molar-refractivity contribution >= 4 is 29.3 Å². The summed E-state index contributed by atoms with van der Waals surface area (Å²) in [6, 6.07) is 20.9. The molecule has 2 amide bonds. The van der Waals surface area contributed by atoms with E-state index in [0.717, 1.165) is 23.1 Å². The van der Waals surface area contributed by atoms with Gasteiger partial charge in [-0.2, -0.15) is 0 Å². The van der Waals surface area contributed by atoms with E-state index in [1.165, 1.54) is 36.0 Å². The Morgan fingerprint density at radius 3 is 2.24 bits per heavy atom. The van der Waals surface area contributed by atoms with Gasteiger partial charge in [0.1, 0.15) is 11.9 Å². The van der Waals surface area contributed by atoms with Crippen molar-refractivity contribution in [3.8, 4) is 0 Å². The van der Waals surface area contributed by atoms with Gasteiger partial charge in [0.25, 0.3) is 5.69 Å². The molecule has 0 fully saturated rings. The van der Waals surface area contributed by atoms with Crippen LogP contribution in [-0.4, -0.2) is 40.0 Å². The first-order valence-corrected chi connectivity index (χ1v) is 13.2. The molecule has 0 aliphatic carbocycles. The van der Waals surface area contributed by atoms with Crippen LogP contribution in [-0.2, 0) is 28.3 Å². The van der Waals surface area contributed by atoms with Crippen LogP contribution >= 0.6 is 11.8 Å². The first-order valence-electron chi connectivity index (χ1n) is 12.0. The standard InChI is InChI=1S/C28H30FN3O4S/c1-2-16-30-28(34)26(17-21-6-4-3-5-7-21)31(18-22-8-12-24(29)13-9-22)27(33)20-37-19-23-10-14-25(15-11-23)32(35)36/h3-15,26H,2,16-20H2,1H3,(H,30,34). The van der Waals surface area contributed by atoms with E-state index in [1.54, 1.807) is 29.2 Å². The van der Waals surface area contributed by atoms with Crippen molar-refractivity contribution in [1.82, 2.24) is 10.2 Å². The normalized spacial score (nSPS) is 11.5. The first kappa shape index (κ1) is 27.9. The van der Waals surface area contributed by atoms with E-state index in [1.807, 2.05) is 37.3 Å². The summed E-state index contributed by atoms with van der Waals surface area (Å²) in [6.45, 7) is 2.62. The number of non-ortho nitro benzene ring substituents is 1. The summed E-state index contributed by atoms with van der Waals surface area (Å²) in [7, 11) is 0. The Balaban J connectivity index is 1.80. The summed E-state index contributed by atoms with van der Waals surface area (Å²) in [5.41, 5.74) is 2.51. The number of rotatable bonds is 13. The number of benzene rings is 3. The molecule has 3 rings (SSSR count). The molecule has 9 heteroatoms. The molecule has 0 aliphatic heterocycles. The number of nitrogens with one attached hydrogen (secondary N) is 1. The summed E-state index contributed by atoms with van der Waals surface area (Å²) in [6.07, 6.45) is 1.11. The van der Waals surface area contributed by atoms with Crippen LogP contribution in [0.4, 0.5) is 10.1 Å². The van der Waals surface area contributed by atoms with Gasteiger partial charge >= 0.3 is 0 Å². The number of nitro groups is 1. The molecule has 0 heterocycles. The Bertz CT molecular complexity index is 1170. The Kier molecular flexibility index (Phi) is 10.6. The van der Waals surface area contributed by atoms with Crippen LogP contribution in [0.1, 0.15) is 30.0 Å². The lowest BCUT2D eigenvalue weighted by atomic mass is 10.0. The smallest absolute Gasteiger partial charge is 0.269 e. The van der Waals surface area contributed by atoms with E-state index in [2.05, 4.69) is 5.32 Å². The van der Waals surface area contributed by atoms with Gasteiger partial charge in [0.2, 0.25) is 11.8 Å². The van der Waals surface area contributed by atoms with E-state index in [4.69, 9.17) is 0 Å². The second-order valence-corrected chi connectivity index (χ2v) is 9.55. The molecule has 37 heavy (non-hydrogen) atoms. The highest BCUT2D eigenvalue weighted by molar-refractivity contribution is 7.99. The van der Waals surface area contributed by atoms with Gasteiger partial charge in [0.15, 0.2) is 0 Å². The fourth-order valence-corrected chi connectivity index (χ4v) is 4.63. The highest BCUT2D eigenvalue weighted by atomic mass is 32.2. The maximum Gasteiger partial charge on any atom is 0.269 e. The van der Waals surface area contributed by atoms with E-state index < -0.39 is 11.0 Å². The quantitative estimate of drug-likeness (QED) is 0.248. The van der Waals surface area contributed by atoms with Crippen molar-refractivity contribution < 1.29 is 18.9 Å². The average molecular weight is 524 g/mol. The van der Waals surface area contributed by atoms with Gasteiger partial charge in [-0.3, -0.25) is 19.7 Å². The Morgan fingerprint density at radius 2 is 1.62 bits per heavy atom. The summed E-state index contributed by atoms with van der Waals surface area (Å²) in [5.74, 6) is -0.225. The van der Waals surface area contributed by atoms with E-state index in [9.17, 15) is 24.1 Å². The molecule has 194 valence electrons. The SMILES string of the molecule is CCCNC(=O)C(Cc1ccccc1)N(Cc1ccc(F)cc1)C(=O)CSCc1ccc([N+](=O)[O-])cc1. The third kappa shape index (κ3) is 8.71. The lowest BCUT2D eigenvalue weighted by Crippen LogP contribution is -2.51. The van der Waals surface area contributed by atoms with E-state index in [-0.39, 0.29) is 35.6 Å². The van der Waals surface area contributed by atoms with Gasteiger partial charge in [-0.25, -0.2) is 4.39 Å². The number of halogens is 1. The van der Waals surface area contributed by atoms with Crippen molar-refractivity contribution in [3.63, 3.8) is 0 Å². The minimum Gasteiger partial charge on any atom is -0.354 e. The number of hydrogen-bond donors (Lipinski definition) is 1. The van der Waals surface area contributed by atoms with Crippen LogP contribution in [0.2, 0.25) is 0 Å². The predicted molar refractivity (Wildman–Crippen MR) is 143 cm³/mol. The van der Waals surface area contributed by atoms with Crippen molar-refractivity contribution in [1.29, 1.82) is 0 Å². The predicted octanol–water partition coefficient (Wildman–Crippen LogP) is 5.13. The third-order valence-electron chi connectivity index (χ3n) is 5.73. The lowest BCUT2D eigenvalue weighted by molar-refractivity contribution is -0.384. The molecule has 1 N–H and O–H groups in total. The van der Waals surface area contributed by atoms with Crippen molar-refractivity contribution in [2.45, 2.75) is 38.1 Å². The fourth-order valence-electron chi connectivity index (χ4n) is 3.76. The minimum atomic E-state index is -0.744. The molecule has 0 aromatic heterocycles. The summed E-state index contributed by atoms with van der Waals surface area (Å²) in [4.78, 5) is 38.8. The van der Waals surface area contributed by atoms with Crippen LogP contribution in [0, 0.1) is 15.9 Å². The maximum atomic E-state index is 13.5. The van der Waals surface area contributed by atoms with Gasteiger partial charge in [0.05, 0.1) is 10.7 Å².